The summed E-state index contributed by atoms with van der Waals surface area (Å²) in [6, 6.07) is 10.1. The summed E-state index contributed by atoms with van der Waals surface area (Å²) in [5, 5.41) is 9.82. The van der Waals surface area contributed by atoms with Gasteiger partial charge >= 0.3 is 0 Å². The summed E-state index contributed by atoms with van der Waals surface area (Å²) >= 11 is 6.04. The summed E-state index contributed by atoms with van der Waals surface area (Å²) in [5.41, 5.74) is 0.445. The van der Waals surface area contributed by atoms with Gasteiger partial charge in [-0.05, 0) is 37.6 Å². The van der Waals surface area contributed by atoms with Crippen molar-refractivity contribution in [2.45, 2.75) is 19.4 Å². The van der Waals surface area contributed by atoms with Crippen LogP contribution in [0, 0.1) is 5.82 Å². The van der Waals surface area contributed by atoms with Crippen molar-refractivity contribution in [1.29, 1.82) is 0 Å². The maximum absolute atomic E-state index is 14.0. The maximum Gasteiger partial charge on any atom is 0.252 e. The molecule has 1 saturated heterocycles. The van der Waals surface area contributed by atoms with E-state index in [-0.39, 0.29) is 41.7 Å². The third-order valence-corrected chi connectivity index (χ3v) is 5.03. The lowest BCUT2D eigenvalue weighted by Crippen LogP contribution is -2.45. The minimum Gasteiger partial charge on any atom is -0.357 e. The number of hydrogen-bond acceptors (Lipinski definition) is 4. The Balaban J connectivity index is 0.00000341. The number of nitrogens with zero attached hydrogens (tertiary/aromatic N) is 3. The first-order valence-electron chi connectivity index (χ1n) is 10.0. The summed E-state index contributed by atoms with van der Waals surface area (Å²) in [6.45, 7) is 4.86. The van der Waals surface area contributed by atoms with E-state index in [0.717, 1.165) is 13.0 Å². The first-order chi connectivity index (χ1) is 14.6. The van der Waals surface area contributed by atoms with Crippen molar-refractivity contribution in [3.63, 3.8) is 0 Å². The first-order valence-corrected chi connectivity index (χ1v) is 10.4. The van der Waals surface area contributed by atoms with Gasteiger partial charge in [0.2, 0.25) is 0 Å². The van der Waals surface area contributed by atoms with Crippen molar-refractivity contribution in [3.8, 4) is 0 Å². The van der Waals surface area contributed by atoms with Gasteiger partial charge in [-0.25, -0.2) is 9.37 Å². The van der Waals surface area contributed by atoms with Crippen molar-refractivity contribution < 1.29 is 9.18 Å². The SMILES string of the molecule is CCNC(=NCCNC(=O)c1ccccc1Cl)NC1CCN(c2ncccc2F)C1.I. The highest BCUT2D eigenvalue weighted by atomic mass is 127. The van der Waals surface area contributed by atoms with Crippen LogP contribution in [-0.4, -0.2) is 55.6 Å². The van der Waals surface area contributed by atoms with Gasteiger partial charge in [-0.1, -0.05) is 23.7 Å². The van der Waals surface area contributed by atoms with E-state index in [2.05, 4.69) is 25.9 Å². The van der Waals surface area contributed by atoms with Gasteiger partial charge in [0.05, 0.1) is 17.1 Å². The summed E-state index contributed by atoms with van der Waals surface area (Å²) in [5.74, 6) is 0.509. The Hall–Kier alpha value is -2.14. The first kappa shape index (κ1) is 25.1. The Morgan fingerprint density at radius 2 is 2.10 bits per heavy atom. The molecule has 1 amide bonds. The topological polar surface area (TPSA) is 81.6 Å². The number of aliphatic imine (C=N–C) groups is 1. The molecule has 1 aliphatic heterocycles. The van der Waals surface area contributed by atoms with Gasteiger partial charge in [-0.15, -0.1) is 24.0 Å². The van der Waals surface area contributed by atoms with Crippen molar-refractivity contribution in [2.24, 2.45) is 4.99 Å². The average Bonchev–Trinajstić information content (AvgIpc) is 3.20. The number of rotatable bonds is 7. The molecule has 7 nitrogen and oxygen atoms in total. The second-order valence-electron chi connectivity index (χ2n) is 6.88. The largest absolute Gasteiger partial charge is 0.357 e. The van der Waals surface area contributed by atoms with E-state index < -0.39 is 0 Å². The molecule has 1 aliphatic rings. The molecule has 1 aromatic carbocycles. The number of nitrogens with one attached hydrogen (secondary N) is 3. The van der Waals surface area contributed by atoms with E-state index >= 15 is 0 Å². The lowest BCUT2D eigenvalue weighted by Gasteiger charge is -2.20. The molecule has 1 unspecified atom stereocenters. The predicted molar refractivity (Wildman–Crippen MR) is 133 cm³/mol. The van der Waals surface area contributed by atoms with Gasteiger partial charge in [0.1, 0.15) is 0 Å². The van der Waals surface area contributed by atoms with Gasteiger partial charge in [0.25, 0.3) is 5.91 Å². The number of carbonyl (C=O) groups excluding carboxylic acids is 1. The third-order valence-electron chi connectivity index (χ3n) is 4.70. The second-order valence-corrected chi connectivity index (χ2v) is 7.29. The number of pyridine rings is 1. The van der Waals surface area contributed by atoms with Crippen LogP contribution < -0.4 is 20.9 Å². The fourth-order valence-electron chi connectivity index (χ4n) is 3.27. The molecule has 1 aromatic heterocycles. The molecule has 0 spiro atoms. The highest BCUT2D eigenvalue weighted by Gasteiger charge is 2.25. The summed E-state index contributed by atoms with van der Waals surface area (Å²) in [4.78, 5) is 22.8. The zero-order valence-electron chi connectivity index (χ0n) is 17.3. The number of aromatic nitrogens is 1. The number of carbonyl (C=O) groups is 1. The zero-order valence-corrected chi connectivity index (χ0v) is 20.4. The smallest absolute Gasteiger partial charge is 0.252 e. The number of hydrogen-bond donors (Lipinski definition) is 3. The van der Waals surface area contributed by atoms with E-state index in [1.807, 2.05) is 11.8 Å². The Morgan fingerprint density at radius 3 is 2.84 bits per heavy atom. The Morgan fingerprint density at radius 1 is 1.29 bits per heavy atom. The van der Waals surface area contributed by atoms with Crippen LogP contribution in [0.4, 0.5) is 10.2 Å². The van der Waals surface area contributed by atoms with E-state index in [1.54, 1.807) is 36.5 Å². The minimum atomic E-state index is -0.312. The Kier molecular flexibility index (Phi) is 10.3. The normalized spacial score (nSPS) is 15.9. The molecule has 0 bridgehead atoms. The van der Waals surface area contributed by atoms with Crippen LogP contribution in [0.3, 0.4) is 0 Å². The highest BCUT2D eigenvalue weighted by molar-refractivity contribution is 14.0. The fraction of sp³-hybridized carbons (Fsp3) is 0.381. The second kappa shape index (κ2) is 12.7. The fourth-order valence-corrected chi connectivity index (χ4v) is 3.49. The number of benzene rings is 1. The molecular weight excluding hydrogens is 534 g/mol. The van der Waals surface area contributed by atoms with Crippen LogP contribution in [0.1, 0.15) is 23.7 Å². The number of halogens is 3. The van der Waals surface area contributed by atoms with Crippen LogP contribution in [0.15, 0.2) is 47.6 Å². The highest BCUT2D eigenvalue weighted by Crippen LogP contribution is 2.20. The van der Waals surface area contributed by atoms with Crippen LogP contribution >= 0.6 is 35.6 Å². The van der Waals surface area contributed by atoms with E-state index in [4.69, 9.17) is 11.6 Å². The van der Waals surface area contributed by atoms with Crippen LogP contribution in [0.5, 0.6) is 0 Å². The molecule has 1 fully saturated rings. The van der Waals surface area contributed by atoms with E-state index in [0.29, 0.717) is 48.5 Å². The molecule has 0 saturated carbocycles. The molecular formula is C21H27ClFIN6O. The molecule has 31 heavy (non-hydrogen) atoms. The van der Waals surface area contributed by atoms with Gasteiger partial charge < -0.3 is 20.9 Å². The number of guanidine groups is 1. The molecule has 1 atom stereocenters. The van der Waals surface area contributed by atoms with Crippen LogP contribution in [-0.2, 0) is 0 Å². The third kappa shape index (κ3) is 7.20. The van der Waals surface area contributed by atoms with Crippen molar-refractivity contribution in [3.05, 3.63) is 59.0 Å². The van der Waals surface area contributed by atoms with Crippen LogP contribution in [0.2, 0.25) is 5.02 Å². The molecule has 2 heterocycles. The van der Waals surface area contributed by atoms with Gasteiger partial charge in [0, 0.05) is 38.4 Å². The lowest BCUT2D eigenvalue weighted by atomic mass is 10.2. The monoisotopic (exact) mass is 560 g/mol. The molecule has 2 aromatic rings. The molecule has 0 radical (unpaired) electrons. The Bertz CT molecular complexity index is 900. The van der Waals surface area contributed by atoms with Gasteiger partial charge in [-0.2, -0.15) is 0 Å². The van der Waals surface area contributed by atoms with Gasteiger partial charge in [0.15, 0.2) is 17.6 Å². The van der Waals surface area contributed by atoms with E-state index in [1.165, 1.54) is 6.07 Å². The summed E-state index contributed by atoms with van der Waals surface area (Å²) in [7, 11) is 0. The molecule has 168 valence electrons. The quantitative estimate of drug-likeness (QED) is 0.210. The Labute approximate surface area is 203 Å². The maximum atomic E-state index is 14.0. The zero-order chi connectivity index (χ0) is 21.3. The van der Waals surface area contributed by atoms with Crippen molar-refractivity contribution in [1.82, 2.24) is 20.9 Å². The molecule has 3 rings (SSSR count). The molecule has 10 heteroatoms. The van der Waals surface area contributed by atoms with Crippen LogP contribution in [0.25, 0.3) is 0 Å². The minimum absolute atomic E-state index is 0. The number of anilines is 1. The summed E-state index contributed by atoms with van der Waals surface area (Å²) in [6.07, 6.45) is 2.45. The van der Waals surface area contributed by atoms with Gasteiger partial charge in [-0.3, -0.25) is 9.79 Å². The van der Waals surface area contributed by atoms with E-state index in [9.17, 15) is 9.18 Å². The standard InChI is InChI=1S/C21H26ClFN6O.HI/c1-2-24-21(27-12-11-26-20(30)16-6-3-4-7-17(16)22)28-15-9-13-29(14-15)19-18(23)8-5-10-25-19;/h3-8,10,15H,2,9,11-14H2,1H3,(H,26,30)(H2,24,27,28);1H. The summed E-state index contributed by atoms with van der Waals surface area (Å²) < 4.78 is 14.0. The predicted octanol–water partition coefficient (Wildman–Crippen LogP) is 3.06. The van der Waals surface area contributed by atoms with Crippen molar-refractivity contribution in [2.75, 3.05) is 37.6 Å². The molecule has 3 N–H and O–H groups in total. The van der Waals surface area contributed by atoms with Crippen molar-refractivity contribution >= 4 is 53.3 Å². The lowest BCUT2D eigenvalue weighted by molar-refractivity contribution is 0.0955. The average molecular weight is 561 g/mol. The molecule has 0 aliphatic carbocycles. The number of amides is 1.